The van der Waals surface area contributed by atoms with Crippen molar-refractivity contribution in [3.8, 4) is 0 Å². The molecule has 1 aromatic heterocycles. The van der Waals surface area contributed by atoms with Gasteiger partial charge in [0.1, 0.15) is 5.60 Å². The second-order valence-corrected chi connectivity index (χ2v) is 7.18. The Balaban J connectivity index is 0.00000676. The maximum absolute atomic E-state index is 11.6. The van der Waals surface area contributed by atoms with E-state index in [-0.39, 0.29) is 30.1 Å². The summed E-state index contributed by atoms with van der Waals surface area (Å²) >= 11 is 0. The Morgan fingerprint density at radius 2 is 1.81 bits per heavy atom. The van der Waals surface area contributed by atoms with E-state index in [4.69, 9.17) is 4.74 Å². The lowest BCUT2D eigenvalue weighted by Crippen LogP contribution is -2.39. The minimum atomic E-state index is -0.476. The van der Waals surface area contributed by atoms with Gasteiger partial charge in [0, 0.05) is 37.9 Å². The van der Waals surface area contributed by atoms with Crippen LogP contribution in [-0.2, 0) is 18.3 Å². The maximum atomic E-state index is 11.6. The van der Waals surface area contributed by atoms with Gasteiger partial charge in [0.05, 0.1) is 12.2 Å². The summed E-state index contributed by atoms with van der Waals surface area (Å²) in [5.74, 6) is 0.757. The summed E-state index contributed by atoms with van der Waals surface area (Å²) < 4.78 is 7.08. The van der Waals surface area contributed by atoms with Gasteiger partial charge < -0.3 is 20.7 Å². The summed E-state index contributed by atoms with van der Waals surface area (Å²) in [5.41, 5.74) is 2.81. The van der Waals surface area contributed by atoms with Crippen molar-refractivity contribution in [2.45, 2.75) is 60.1 Å². The van der Waals surface area contributed by atoms with E-state index in [1.165, 1.54) is 0 Å². The van der Waals surface area contributed by atoms with E-state index in [9.17, 15) is 4.79 Å². The van der Waals surface area contributed by atoms with Crippen molar-refractivity contribution in [2.75, 3.05) is 19.6 Å². The number of amides is 1. The highest BCUT2D eigenvalue weighted by atomic mass is 127. The Morgan fingerprint density at radius 1 is 1.19 bits per heavy atom. The Labute approximate surface area is 179 Å². The normalized spacial score (nSPS) is 11.6. The SMILES string of the molecule is CCNC(=NCc1c(C)nn(C)c1C)NCCCNC(=O)OC(C)(C)C.I. The van der Waals surface area contributed by atoms with E-state index in [0.29, 0.717) is 19.6 Å². The first-order chi connectivity index (χ1) is 12.1. The van der Waals surface area contributed by atoms with Gasteiger partial charge in [0.15, 0.2) is 5.96 Å². The lowest BCUT2D eigenvalue weighted by Gasteiger charge is -2.19. The molecule has 0 fully saturated rings. The molecule has 0 unspecified atom stereocenters. The first kappa shape index (κ1) is 25.5. The summed E-state index contributed by atoms with van der Waals surface area (Å²) in [5, 5.41) is 13.7. The van der Waals surface area contributed by atoms with Crippen LogP contribution in [0, 0.1) is 13.8 Å². The van der Waals surface area contributed by atoms with Crippen LogP contribution in [0.5, 0.6) is 0 Å². The van der Waals surface area contributed by atoms with Crippen molar-refractivity contribution in [3.63, 3.8) is 0 Å². The molecule has 0 atom stereocenters. The molecule has 0 saturated carbocycles. The Morgan fingerprint density at radius 3 is 2.33 bits per heavy atom. The minimum absolute atomic E-state index is 0. The number of aryl methyl sites for hydroxylation is 2. The molecule has 1 amide bonds. The average molecular weight is 494 g/mol. The van der Waals surface area contributed by atoms with Gasteiger partial charge in [-0.1, -0.05) is 0 Å². The largest absolute Gasteiger partial charge is 0.444 e. The van der Waals surface area contributed by atoms with Crippen molar-refractivity contribution in [2.24, 2.45) is 12.0 Å². The number of ether oxygens (including phenoxy) is 1. The zero-order valence-electron chi connectivity index (χ0n) is 17.6. The second-order valence-electron chi connectivity index (χ2n) is 7.18. The van der Waals surface area contributed by atoms with Crippen LogP contribution in [0.15, 0.2) is 4.99 Å². The number of guanidine groups is 1. The molecule has 0 saturated heterocycles. The fourth-order valence-corrected chi connectivity index (χ4v) is 2.35. The quantitative estimate of drug-likeness (QED) is 0.235. The molecule has 0 aromatic carbocycles. The molecular formula is C18H35IN6O2. The molecule has 0 aliphatic carbocycles. The van der Waals surface area contributed by atoms with Gasteiger partial charge in [-0.15, -0.1) is 24.0 Å². The standard InChI is InChI=1S/C18H34N6O2.HI/c1-8-19-16(22-12-15-13(2)23-24(7)14(15)3)20-10-9-11-21-17(25)26-18(4,5)6;/h8-12H2,1-7H3,(H,21,25)(H2,19,20,22);1H. The van der Waals surface area contributed by atoms with E-state index in [0.717, 1.165) is 35.9 Å². The fourth-order valence-electron chi connectivity index (χ4n) is 2.35. The van der Waals surface area contributed by atoms with E-state index < -0.39 is 5.60 Å². The summed E-state index contributed by atoms with van der Waals surface area (Å²) in [6, 6.07) is 0. The molecule has 1 heterocycles. The summed E-state index contributed by atoms with van der Waals surface area (Å²) in [7, 11) is 1.94. The lowest BCUT2D eigenvalue weighted by atomic mass is 10.2. The minimum Gasteiger partial charge on any atom is -0.444 e. The van der Waals surface area contributed by atoms with Gasteiger partial charge in [-0.2, -0.15) is 5.10 Å². The smallest absolute Gasteiger partial charge is 0.407 e. The Hall–Kier alpha value is -1.52. The van der Waals surface area contributed by atoms with Gasteiger partial charge in [-0.3, -0.25) is 4.68 Å². The third-order valence-corrected chi connectivity index (χ3v) is 3.71. The number of carbonyl (C=O) groups is 1. The van der Waals surface area contributed by atoms with E-state index in [2.05, 4.69) is 26.0 Å². The van der Waals surface area contributed by atoms with Crippen LogP contribution >= 0.6 is 24.0 Å². The maximum Gasteiger partial charge on any atom is 0.407 e. The number of aromatic nitrogens is 2. The number of aliphatic imine (C=N–C) groups is 1. The Kier molecular flexibility index (Phi) is 11.4. The third kappa shape index (κ3) is 9.83. The number of nitrogens with zero attached hydrogens (tertiary/aromatic N) is 3. The van der Waals surface area contributed by atoms with Crippen LogP contribution < -0.4 is 16.0 Å². The number of hydrogen-bond donors (Lipinski definition) is 3. The first-order valence-electron chi connectivity index (χ1n) is 9.12. The molecule has 0 aliphatic heterocycles. The van der Waals surface area contributed by atoms with Crippen LogP contribution in [-0.4, -0.2) is 47.1 Å². The molecule has 8 nitrogen and oxygen atoms in total. The molecular weight excluding hydrogens is 459 g/mol. The van der Waals surface area contributed by atoms with Gasteiger partial charge in [-0.25, -0.2) is 9.79 Å². The summed E-state index contributed by atoms with van der Waals surface area (Å²) in [4.78, 5) is 16.2. The second kappa shape index (κ2) is 12.0. The van der Waals surface area contributed by atoms with Gasteiger partial charge >= 0.3 is 6.09 Å². The van der Waals surface area contributed by atoms with Gasteiger partial charge in [0.2, 0.25) is 0 Å². The lowest BCUT2D eigenvalue weighted by molar-refractivity contribution is 0.0527. The van der Waals surface area contributed by atoms with Crippen LogP contribution in [0.4, 0.5) is 4.79 Å². The first-order valence-corrected chi connectivity index (χ1v) is 9.12. The molecule has 156 valence electrons. The number of nitrogens with one attached hydrogen (secondary N) is 3. The van der Waals surface area contributed by atoms with Crippen molar-refractivity contribution >= 4 is 36.0 Å². The number of hydrogen-bond acceptors (Lipinski definition) is 4. The molecule has 3 N–H and O–H groups in total. The zero-order chi connectivity index (χ0) is 19.7. The highest BCUT2D eigenvalue weighted by Crippen LogP contribution is 2.12. The fraction of sp³-hybridized carbons (Fsp3) is 0.722. The topological polar surface area (TPSA) is 92.6 Å². The molecule has 9 heteroatoms. The van der Waals surface area contributed by atoms with Crippen molar-refractivity contribution in [1.82, 2.24) is 25.7 Å². The molecule has 0 aliphatic rings. The predicted octanol–water partition coefficient (Wildman–Crippen LogP) is 2.62. The van der Waals surface area contributed by atoms with Gasteiger partial charge in [0.25, 0.3) is 0 Å². The van der Waals surface area contributed by atoms with Crippen molar-refractivity contribution < 1.29 is 9.53 Å². The molecule has 1 rings (SSSR count). The molecule has 0 bridgehead atoms. The van der Waals surface area contributed by atoms with Crippen molar-refractivity contribution in [1.29, 1.82) is 0 Å². The summed E-state index contributed by atoms with van der Waals surface area (Å²) in [6.07, 6.45) is 0.384. The van der Waals surface area contributed by atoms with Crippen molar-refractivity contribution in [3.05, 3.63) is 17.0 Å². The van der Waals surface area contributed by atoms with Crippen LogP contribution in [0.3, 0.4) is 0 Å². The highest BCUT2D eigenvalue weighted by Gasteiger charge is 2.15. The molecule has 0 radical (unpaired) electrons. The van der Waals surface area contributed by atoms with Crippen LogP contribution in [0.1, 0.15) is 51.1 Å². The monoisotopic (exact) mass is 494 g/mol. The van der Waals surface area contributed by atoms with Crippen LogP contribution in [0.2, 0.25) is 0 Å². The third-order valence-electron chi connectivity index (χ3n) is 3.71. The molecule has 1 aromatic rings. The van der Waals surface area contributed by atoms with E-state index >= 15 is 0 Å². The average Bonchev–Trinajstić information content (AvgIpc) is 2.75. The van der Waals surface area contributed by atoms with E-state index in [1.807, 2.05) is 53.3 Å². The summed E-state index contributed by atoms with van der Waals surface area (Å²) in [6.45, 7) is 14.2. The molecule has 27 heavy (non-hydrogen) atoms. The predicted molar refractivity (Wildman–Crippen MR) is 120 cm³/mol. The number of carbonyl (C=O) groups excluding carboxylic acids is 1. The molecule has 0 spiro atoms. The zero-order valence-corrected chi connectivity index (χ0v) is 19.9. The number of rotatable bonds is 7. The Bertz CT molecular complexity index is 622. The number of halogens is 1. The highest BCUT2D eigenvalue weighted by molar-refractivity contribution is 14.0. The van der Waals surface area contributed by atoms with Gasteiger partial charge in [-0.05, 0) is 48.0 Å². The van der Waals surface area contributed by atoms with E-state index in [1.54, 1.807) is 0 Å². The number of alkyl carbamates (subject to hydrolysis) is 1. The van der Waals surface area contributed by atoms with Crippen LogP contribution in [0.25, 0.3) is 0 Å².